The van der Waals surface area contributed by atoms with Crippen LogP contribution in [0.1, 0.15) is 29.2 Å². The molecule has 0 aromatic heterocycles. The van der Waals surface area contributed by atoms with Crippen LogP contribution in [0.15, 0.2) is 77.9 Å². The zero-order valence-electron chi connectivity index (χ0n) is 17.9. The zero-order valence-corrected chi connectivity index (χ0v) is 18.7. The molecule has 170 valence electrons. The number of hydrogen-bond donors (Lipinski definition) is 1. The monoisotopic (exact) mass is 471 g/mol. The van der Waals surface area contributed by atoms with E-state index >= 15 is 0 Å². The highest BCUT2D eigenvalue weighted by Gasteiger charge is 2.42. The molecule has 1 heterocycles. The molecule has 1 unspecified atom stereocenters. The predicted octanol–water partition coefficient (Wildman–Crippen LogP) is 6.88. The molecule has 0 radical (unpaired) electrons. The summed E-state index contributed by atoms with van der Waals surface area (Å²) < 4.78 is 38.9. The first-order valence-electron chi connectivity index (χ1n) is 10.2. The average molecular weight is 472 g/mol. The van der Waals surface area contributed by atoms with E-state index in [-0.39, 0.29) is 6.54 Å². The minimum Gasteiger partial charge on any atom is -0.306 e. The lowest BCUT2D eigenvalue weighted by Crippen LogP contribution is -2.38. The number of anilines is 1. The van der Waals surface area contributed by atoms with Crippen molar-refractivity contribution in [2.45, 2.75) is 25.4 Å². The Kier molecular flexibility index (Phi) is 5.93. The fourth-order valence-electron chi connectivity index (χ4n) is 3.94. The second kappa shape index (κ2) is 8.56. The first-order chi connectivity index (χ1) is 15.6. The Morgan fingerprint density at radius 2 is 1.73 bits per heavy atom. The number of hydrogen-bond acceptors (Lipinski definition) is 2. The largest absolute Gasteiger partial charge is 0.416 e. The molecule has 0 saturated heterocycles. The SMILES string of the molecule is Cc1cc(C(F)(F)F)ccc1NC(=O)N1CC(C)(c2ccccc2)C(c2ccc(Cl)cc2)=N1. The molecule has 3 aromatic carbocycles. The van der Waals surface area contributed by atoms with Crippen molar-refractivity contribution in [3.63, 3.8) is 0 Å². The minimum absolute atomic E-state index is 0.264. The third-order valence-corrected chi connectivity index (χ3v) is 6.02. The van der Waals surface area contributed by atoms with Gasteiger partial charge in [-0.05, 0) is 60.9 Å². The molecule has 1 aliphatic heterocycles. The van der Waals surface area contributed by atoms with Crippen molar-refractivity contribution in [2.75, 3.05) is 11.9 Å². The predicted molar refractivity (Wildman–Crippen MR) is 124 cm³/mol. The molecule has 1 atom stereocenters. The number of nitrogens with zero attached hydrogens (tertiary/aromatic N) is 2. The molecule has 1 N–H and O–H groups in total. The number of alkyl halides is 3. The molecule has 8 heteroatoms. The van der Waals surface area contributed by atoms with Crippen LogP contribution in [0, 0.1) is 6.92 Å². The van der Waals surface area contributed by atoms with Gasteiger partial charge in [-0.3, -0.25) is 0 Å². The van der Waals surface area contributed by atoms with E-state index < -0.39 is 23.2 Å². The van der Waals surface area contributed by atoms with Crippen LogP contribution in [0.25, 0.3) is 0 Å². The Morgan fingerprint density at radius 1 is 1.06 bits per heavy atom. The van der Waals surface area contributed by atoms with Gasteiger partial charge >= 0.3 is 12.2 Å². The van der Waals surface area contributed by atoms with Gasteiger partial charge in [0.05, 0.1) is 23.2 Å². The number of rotatable bonds is 3. The van der Waals surface area contributed by atoms with Crippen molar-refractivity contribution >= 4 is 29.0 Å². The van der Waals surface area contributed by atoms with Crippen LogP contribution in [0.3, 0.4) is 0 Å². The number of aryl methyl sites for hydroxylation is 1. The maximum Gasteiger partial charge on any atom is 0.416 e. The number of halogens is 4. The summed E-state index contributed by atoms with van der Waals surface area (Å²) in [7, 11) is 0. The Bertz CT molecular complexity index is 1210. The van der Waals surface area contributed by atoms with Crippen molar-refractivity contribution in [1.29, 1.82) is 0 Å². The summed E-state index contributed by atoms with van der Waals surface area (Å²) in [6.45, 7) is 3.79. The first kappa shape index (κ1) is 22.9. The van der Waals surface area contributed by atoms with Crippen LogP contribution in [-0.2, 0) is 11.6 Å². The summed E-state index contributed by atoms with van der Waals surface area (Å²) >= 11 is 6.05. The Labute approximate surface area is 194 Å². The molecule has 4 nitrogen and oxygen atoms in total. The standard InChI is InChI=1S/C25H21ClF3N3O/c1-16-14-19(25(27,28)29)10-13-21(16)30-23(33)32-15-24(2,18-6-4-3-5-7-18)22(31-32)17-8-11-20(26)12-9-17/h3-14H,15H2,1-2H3,(H,30,33). The third kappa shape index (κ3) is 4.59. The lowest BCUT2D eigenvalue weighted by molar-refractivity contribution is -0.137. The molecule has 3 aromatic rings. The Balaban J connectivity index is 1.65. The van der Waals surface area contributed by atoms with E-state index in [9.17, 15) is 18.0 Å². The van der Waals surface area contributed by atoms with Crippen LogP contribution in [0.5, 0.6) is 0 Å². The quantitative estimate of drug-likeness (QED) is 0.444. The molecule has 33 heavy (non-hydrogen) atoms. The van der Waals surface area contributed by atoms with E-state index in [4.69, 9.17) is 11.6 Å². The fraction of sp³-hybridized carbons (Fsp3) is 0.200. The van der Waals surface area contributed by atoms with Crippen LogP contribution in [0.2, 0.25) is 5.02 Å². The minimum atomic E-state index is -4.45. The van der Waals surface area contributed by atoms with Gasteiger partial charge in [0, 0.05) is 10.7 Å². The number of carbonyl (C=O) groups excluding carboxylic acids is 1. The molecular weight excluding hydrogens is 451 g/mol. The summed E-state index contributed by atoms with van der Waals surface area (Å²) in [5, 5.41) is 9.21. The molecule has 2 amide bonds. The maximum absolute atomic E-state index is 13.1. The van der Waals surface area contributed by atoms with Gasteiger partial charge in [0.2, 0.25) is 0 Å². The third-order valence-electron chi connectivity index (χ3n) is 5.77. The summed E-state index contributed by atoms with van der Waals surface area (Å²) in [6, 6.07) is 19.6. The van der Waals surface area contributed by atoms with Gasteiger partial charge in [-0.2, -0.15) is 18.3 Å². The fourth-order valence-corrected chi connectivity index (χ4v) is 4.06. The second-order valence-electron chi connectivity index (χ2n) is 8.17. The van der Waals surface area contributed by atoms with E-state index in [1.165, 1.54) is 18.0 Å². The van der Waals surface area contributed by atoms with Gasteiger partial charge in [-0.25, -0.2) is 9.80 Å². The normalized spacial score (nSPS) is 18.2. The zero-order chi connectivity index (χ0) is 23.8. The Morgan fingerprint density at radius 3 is 2.33 bits per heavy atom. The van der Waals surface area contributed by atoms with Gasteiger partial charge in [0.1, 0.15) is 0 Å². The van der Waals surface area contributed by atoms with E-state index in [2.05, 4.69) is 10.4 Å². The highest BCUT2D eigenvalue weighted by Crippen LogP contribution is 2.36. The van der Waals surface area contributed by atoms with Crippen LogP contribution >= 0.6 is 11.6 Å². The molecule has 0 saturated carbocycles. The lowest BCUT2D eigenvalue weighted by atomic mass is 9.76. The number of nitrogens with one attached hydrogen (secondary N) is 1. The van der Waals surface area contributed by atoms with Gasteiger partial charge < -0.3 is 5.32 Å². The van der Waals surface area contributed by atoms with Crippen molar-refractivity contribution in [3.8, 4) is 0 Å². The van der Waals surface area contributed by atoms with Crippen molar-refractivity contribution in [2.24, 2.45) is 5.10 Å². The van der Waals surface area contributed by atoms with Crippen molar-refractivity contribution in [1.82, 2.24) is 5.01 Å². The van der Waals surface area contributed by atoms with Crippen LogP contribution < -0.4 is 5.32 Å². The topological polar surface area (TPSA) is 44.7 Å². The number of hydrazone groups is 1. The molecule has 0 aliphatic carbocycles. The van der Waals surface area contributed by atoms with Gasteiger partial charge in [-0.1, -0.05) is 54.1 Å². The van der Waals surface area contributed by atoms with E-state index in [0.29, 0.717) is 22.0 Å². The smallest absolute Gasteiger partial charge is 0.306 e. The highest BCUT2D eigenvalue weighted by atomic mass is 35.5. The number of amides is 2. The molecule has 0 spiro atoms. The van der Waals surface area contributed by atoms with Gasteiger partial charge in [0.15, 0.2) is 0 Å². The highest BCUT2D eigenvalue weighted by molar-refractivity contribution is 6.30. The number of urea groups is 1. The van der Waals surface area contributed by atoms with Gasteiger partial charge in [-0.15, -0.1) is 0 Å². The molecule has 1 aliphatic rings. The number of carbonyl (C=O) groups is 1. The summed E-state index contributed by atoms with van der Waals surface area (Å²) in [4.78, 5) is 13.1. The van der Waals surface area contributed by atoms with Crippen LogP contribution in [-0.4, -0.2) is 23.3 Å². The maximum atomic E-state index is 13.1. The Hall–Kier alpha value is -3.32. The van der Waals surface area contributed by atoms with E-state index in [1.807, 2.05) is 49.4 Å². The van der Waals surface area contributed by atoms with E-state index in [1.54, 1.807) is 12.1 Å². The van der Waals surface area contributed by atoms with Gasteiger partial charge in [0.25, 0.3) is 0 Å². The summed E-state index contributed by atoms with van der Waals surface area (Å²) in [5.41, 5.74) is 1.76. The number of benzene rings is 3. The first-order valence-corrected chi connectivity index (χ1v) is 10.6. The van der Waals surface area contributed by atoms with E-state index in [0.717, 1.165) is 23.3 Å². The second-order valence-corrected chi connectivity index (χ2v) is 8.61. The summed E-state index contributed by atoms with van der Waals surface area (Å²) in [5.74, 6) is 0. The lowest BCUT2D eigenvalue weighted by Gasteiger charge is -2.27. The molecule has 4 rings (SSSR count). The molecule has 0 bridgehead atoms. The van der Waals surface area contributed by atoms with Crippen molar-refractivity contribution in [3.05, 3.63) is 100 Å². The van der Waals surface area contributed by atoms with Crippen molar-refractivity contribution < 1.29 is 18.0 Å². The molecular formula is C25H21ClF3N3O. The average Bonchev–Trinajstić information content (AvgIpc) is 3.14. The van der Waals surface area contributed by atoms with Crippen LogP contribution in [0.4, 0.5) is 23.7 Å². The molecule has 0 fully saturated rings. The summed E-state index contributed by atoms with van der Waals surface area (Å²) in [6.07, 6.45) is -4.45.